The molecule has 0 bridgehead atoms. The minimum absolute atomic E-state index is 0.0237. The lowest BCUT2D eigenvalue weighted by molar-refractivity contribution is 0.570. The number of para-hydroxylation sites is 1. The molecule has 2 heteroatoms. The fraction of sp³-hybridized carbons (Fsp3) is 0.167. The second-order valence-electron chi connectivity index (χ2n) is 14.7. The third kappa shape index (κ3) is 4.85. The van der Waals surface area contributed by atoms with E-state index in [1.54, 1.807) is 5.57 Å². The molecule has 0 N–H and O–H groups in total. The first-order valence-electron chi connectivity index (χ1n) is 18.0. The van der Waals surface area contributed by atoms with Crippen LogP contribution in [0.15, 0.2) is 169 Å². The van der Waals surface area contributed by atoms with Crippen molar-refractivity contribution in [1.82, 2.24) is 4.57 Å². The molecule has 1 atom stereocenters. The summed E-state index contributed by atoms with van der Waals surface area (Å²) in [7, 11) is 0. The van der Waals surface area contributed by atoms with Crippen LogP contribution in [0.5, 0.6) is 0 Å². The highest BCUT2D eigenvalue weighted by molar-refractivity contribution is 6.01. The summed E-state index contributed by atoms with van der Waals surface area (Å²) in [6.07, 6.45) is 16.9. The molecule has 9 rings (SSSR count). The second-order valence-corrected chi connectivity index (χ2v) is 14.7. The van der Waals surface area contributed by atoms with Crippen LogP contribution in [-0.2, 0) is 5.41 Å². The van der Waals surface area contributed by atoms with Crippen LogP contribution < -0.4 is 4.90 Å². The standard InChI is InChI=1S/C48H42N2/c1-47(2)43-20-12-11-19-41(43)46-45(47)42-33-37(25-30-44(42)49(46)38-17-9-5-10-18-38)36-23-28-40(29-24-36)50(48(3)31-13-6-14-32-48)39-26-21-35(22-27-39)34-15-7-4-8-16-34/h4-11,13-19,21-31,33H,12,20,32H2,1-3H3. The van der Waals surface area contributed by atoms with Gasteiger partial charge in [-0.1, -0.05) is 135 Å². The first kappa shape index (κ1) is 30.5. The summed E-state index contributed by atoms with van der Waals surface area (Å²) in [4.78, 5) is 2.49. The lowest BCUT2D eigenvalue weighted by Gasteiger charge is -2.42. The summed E-state index contributed by atoms with van der Waals surface area (Å²) >= 11 is 0. The summed E-state index contributed by atoms with van der Waals surface area (Å²) in [6, 6.07) is 46.8. The molecule has 2 nitrogen and oxygen atoms in total. The van der Waals surface area contributed by atoms with Crippen molar-refractivity contribution in [2.75, 3.05) is 4.90 Å². The molecule has 0 fully saturated rings. The topological polar surface area (TPSA) is 8.17 Å². The Morgan fingerprint density at radius 1 is 0.620 bits per heavy atom. The second kappa shape index (κ2) is 11.8. The van der Waals surface area contributed by atoms with E-state index in [1.807, 2.05) is 0 Å². The molecule has 0 aliphatic heterocycles. The van der Waals surface area contributed by atoms with Gasteiger partial charge in [-0.3, -0.25) is 0 Å². The number of hydrogen-bond donors (Lipinski definition) is 0. The third-order valence-electron chi connectivity index (χ3n) is 11.2. The summed E-state index contributed by atoms with van der Waals surface area (Å²) < 4.78 is 2.51. The van der Waals surface area contributed by atoms with E-state index in [4.69, 9.17) is 0 Å². The largest absolute Gasteiger partial charge is 0.332 e. The molecule has 0 saturated carbocycles. The fourth-order valence-electron chi connectivity index (χ4n) is 8.75. The first-order valence-corrected chi connectivity index (χ1v) is 18.0. The fourth-order valence-corrected chi connectivity index (χ4v) is 8.75. The highest BCUT2D eigenvalue weighted by Gasteiger charge is 2.42. The number of rotatable bonds is 6. The molecular weight excluding hydrogens is 605 g/mol. The highest BCUT2D eigenvalue weighted by Crippen LogP contribution is 2.54. The molecule has 1 unspecified atom stereocenters. The zero-order valence-corrected chi connectivity index (χ0v) is 29.1. The van der Waals surface area contributed by atoms with Gasteiger partial charge in [0.15, 0.2) is 0 Å². The molecule has 0 saturated heterocycles. The van der Waals surface area contributed by atoms with Crippen LogP contribution in [0.2, 0.25) is 0 Å². The van der Waals surface area contributed by atoms with E-state index in [0.717, 1.165) is 19.3 Å². The van der Waals surface area contributed by atoms with Gasteiger partial charge in [0.25, 0.3) is 0 Å². The minimum atomic E-state index is -0.184. The van der Waals surface area contributed by atoms with E-state index in [9.17, 15) is 0 Å². The van der Waals surface area contributed by atoms with Gasteiger partial charge in [0.1, 0.15) is 0 Å². The lowest BCUT2D eigenvalue weighted by atomic mass is 9.77. The van der Waals surface area contributed by atoms with Crippen LogP contribution in [0.4, 0.5) is 11.4 Å². The van der Waals surface area contributed by atoms with Crippen LogP contribution in [-0.4, -0.2) is 10.1 Å². The number of allylic oxidation sites excluding steroid dienone is 6. The van der Waals surface area contributed by atoms with E-state index in [1.165, 1.54) is 67.0 Å². The molecule has 1 aromatic heterocycles. The van der Waals surface area contributed by atoms with Gasteiger partial charge in [0, 0.05) is 27.9 Å². The maximum atomic E-state index is 2.51. The van der Waals surface area contributed by atoms with Crippen molar-refractivity contribution in [1.29, 1.82) is 0 Å². The summed E-state index contributed by atoms with van der Waals surface area (Å²) in [6.45, 7) is 7.20. The number of anilines is 2. The predicted molar refractivity (Wildman–Crippen MR) is 212 cm³/mol. The highest BCUT2D eigenvalue weighted by atomic mass is 15.2. The maximum Gasteiger partial charge on any atom is 0.0642 e. The van der Waals surface area contributed by atoms with Gasteiger partial charge >= 0.3 is 0 Å². The van der Waals surface area contributed by atoms with E-state index >= 15 is 0 Å². The average Bonchev–Trinajstić information content (AvgIpc) is 3.63. The summed E-state index contributed by atoms with van der Waals surface area (Å²) in [5.41, 5.74) is 15.4. The number of hydrogen-bond acceptors (Lipinski definition) is 1. The van der Waals surface area contributed by atoms with Gasteiger partial charge in [-0.25, -0.2) is 0 Å². The van der Waals surface area contributed by atoms with Gasteiger partial charge in [0.2, 0.25) is 0 Å². The molecule has 0 radical (unpaired) electrons. The Hall–Kier alpha value is -5.60. The Kier molecular flexibility index (Phi) is 7.17. The molecule has 1 heterocycles. The lowest BCUT2D eigenvalue weighted by Crippen LogP contribution is -2.42. The van der Waals surface area contributed by atoms with E-state index in [-0.39, 0.29) is 11.0 Å². The van der Waals surface area contributed by atoms with Crippen molar-refractivity contribution in [3.05, 3.63) is 181 Å². The number of aromatic nitrogens is 1. The average molecular weight is 647 g/mol. The Labute approximate surface area is 296 Å². The van der Waals surface area contributed by atoms with Gasteiger partial charge in [0.05, 0.1) is 16.7 Å². The number of benzene rings is 5. The number of fused-ring (bicyclic) bond motifs is 4. The quantitative estimate of drug-likeness (QED) is 0.175. The molecule has 3 aliphatic carbocycles. The van der Waals surface area contributed by atoms with Gasteiger partial charge in [-0.15, -0.1) is 0 Å². The SMILES string of the molecule is CC1(C)C2=C(C=CCC2)c2c1c1cc(-c3ccc(N(c4ccc(-c5ccccc5)cc4)C4(C)C=CC=CC4)cc3)ccc1n2-c1ccccc1. The van der Waals surface area contributed by atoms with Gasteiger partial charge in [-0.2, -0.15) is 0 Å². The van der Waals surface area contributed by atoms with E-state index in [0.29, 0.717) is 0 Å². The first-order chi connectivity index (χ1) is 24.4. The molecule has 6 aromatic rings. The maximum absolute atomic E-state index is 2.51. The number of nitrogens with zero attached hydrogens (tertiary/aromatic N) is 2. The molecule has 244 valence electrons. The molecular formula is C48H42N2. The van der Waals surface area contributed by atoms with Crippen molar-refractivity contribution in [2.45, 2.75) is 51.0 Å². The van der Waals surface area contributed by atoms with Crippen LogP contribution in [0.25, 0.3) is 44.4 Å². The molecule has 0 amide bonds. The van der Waals surface area contributed by atoms with Crippen LogP contribution in [0.1, 0.15) is 51.3 Å². The zero-order chi connectivity index (χ0) is 33.9. The molecule has 0 spiro atoms. The van der Waals surface area contributed by atoms with Crippen molar-refractivity contribution < 1.29 is 0 Å². The Balaban J connectivity index is 1.13. The Morgan fingerprint density at radius 3 is 1.90 bits per heavy atom. The molecule has 50 heavy (non-hydrogen) atoms. The smallest absolute Gasteiger partial charge is 0.0642 e. The van der Waals surface area contributed by atoms with Crippen LogP contribution in [0, 0.1) is 0 Å². The van der Waals surface area contributed by atoms with Crippen LogP contribution in [0.3, 0.4) is 0 Å². The van der Waals surface area contributed by atoms with Crippen LogP contribution >= 0.6 is 0 Å². The summed E-state index contributed by atoms with van der Waals surface area (Å²) in [5, 5.41) is 1.35. The zero-order valence-electron chi connectivity index (χ0n) is 29.1. The predicted octanol–water partition coefficient (Wildman–Crippen LogP) is 12.8. The molecule has 3 aliphatic rings. The summed E-state index contributed by atoms with van der Waals surface area (Å²) in [5.74, 6) is 0. The van der Waals surface area contributed by atoms with Crippen molar-refractivity contribution in [3.63, 3.8) is 0 Å². The Bertz CT molecular complexity index is 2350. The monoisotopic (exact) mass is 646 g/mol. The van der Waals surface area contributed by atoms with Crippen molar-refractivity contribution in [3.8, 4) is 27.9 Å². The Morgan fingerprint density at radius 2 is 1.24 bits per heavy atom. The normalized spacial score (nSPS) is 18.8. The van der Waals surface area contributed by atoms with Gasteiger partial charge < -0.3 is 9.47 Å². The van der Waals surface area contributed by atoms with Crippen molar-refractivity contribution >= 4 is 27.9 Å². The van der Waals surface area contributed by atoms with E-state index < -0.39 is 0 Å². The van der Waals surface area contributed by atoms with E-state index in [2.05, 4.69) is 194 Å². The van der Waals surface area contributed by atoms with Gasteiger partial charge in [-0.05, 0) is 108 Å². The molecule has 5 aromatic carbocycles. The van der Waals surface area contributed by atoms with Crippen molar-refractivity contribution in [2.24, 2.45) is 0 Å². The third-order valence-corrected chi connectivity index (χ3v) is 11.2. The minimum Gasteiger partial charge on any atom is -0.332 e.